The molecule has 0 aliphatic heterocycles. The van der Waals surface area contributed by atoms with Crippen LogP contribution in [0.15, 0.2) is 34.9 Å². The lowest BCUT2D eigenvalue weighted by molar-refractivity contribution is 0.298. The van der Waals surface area contributed by atoms with Gasteiger partial charge >= 0.3 is 0 Å². The van der Waals surface area contributed by atoms with Gasteiger partial charge in [-0.1, -0.05) is 29.8 Å². The number of oxazole rings is 1. The molecule has 1 aromatic carbocycles. The molecular weight excluding hydrogens is 226 g/mol. The molecule has 0 spiro atoms. The summed E-state index contributed by atoms with van der Waals surface area (Å²) in [4.78, 5) is 4.25. The smallest absolute Gasteiger partial charge is 0.198 e. The Morgan fingerprint density at radius 1 is 1.31 bits per heavy atom. The van der Waals surface area contributed by atoms with Gasteiger partial charge in [-0.2, -0.15) is 0 Å². The van der Waals surface area contributed by atoms with Gasteiger partial charge in [-0.25, -0.2) is 4.98 Å². The van der Waals surface area contributed by atoms with E-state index in [9.17, 15) is 0 Å². The largest absolute Gasteiger partial charge is 0.448 e. The lowest BCUT2D eigenvalue weighted by Crippen LogP contribution is -1.93. The van der Waals surface area contributed by atoms with Crippen molar-refractivity contribution in [3.63, 3.8) is 0 Å². The summed E-state index contributed by atoms with van der Waals surface area (Å²) in [7, 11) is 0. The second kappa shape index (κ2) is 5.14. The second-order valence-corrected chi connectivity index (χ2v) is 3.88. The number of rotatable bonds is 4. The van der Waals surface area contributed by atoms with E-state index in [0.29, 0.717) is 23.8 Å². The van der Waals surface area contributed by atoms with E-state index in [1.807, 2.05) is 24.3 Å². The van der Waals surface area contributed by atoms with Crippen molar-refractivity contribution in [2.45, 2.75) is 12.8 Å². The van der Waals surface area contributed by atoms with Gasteiger partial charge in [0.2, 0.25) is 0 Å². The minimum absolute atomic E-state index is 0.0814. The Hall–Kier alpha value is -1.32. The molecule has 1 aromatic heterocycles. The number of hydrogen-bond acceptors (Lipinski definition) is 3. The highest BCUT2D eigenvalue weighted by atomic mass is 35.5. The van der Waals surface area contributed by atoms with E-state index in [0.717, 1.165) is 11.3 Å². The van der Waals surface area contributed by atoms with E-state index in [1.54, 1.807) is 6.26 Å². The maximum absolute atomic E-state index is 8.76. The topological polar surface area (TPSA) is 46.3 Å². The predicted octanol–water partition coefficient (Wildman–Crippen LogP) is 2.45. The number of hydrogen-bond donors (Lipinski definition) is 1. The molecule has 2 rings (SSSR count). The van der Waals surface area contributed by atoms with E-state index < -0.39 is 0 Å². The molecule has 0 bridgehead atoms. The number of benzene rings is 1. The molecule has 1 N–H and O–H groups in total. The lowest BCUT2D eigenvalue weighted by Gasteiger charge is -1.99. The van der Waals surface area contributed by atoms with E-state index in [2.05, 4.69) is 4.98 Å². The molecule has 84 valence electrons. The van der Waals surface area contributed by atoms with Crippen LogP contribution in [0.1, 0.15) is 17.1 Å². The molecule has 2 aromatic rings. The third-order valence-corrected chi connectivity index (χ3v) is 2.64. The van der Waals surface area contributed by atoms with Crippen LogP contribution in [0.5, 0.6) is 0 Å². The lowest BCUT2D eigenvalue weighted by atomic mass is 10.1. The monoisotopic (exact) mass is 237 g/mol. The second-order valence-electron chi connectivity index (χ2n) is 3.47. The zero-order valence-electron chi connectivity index (χ0n) is 8.69. The van der Waals surface area contributed by atoms with Crippen LogP contribution in [0.3, 0.4) is 0 Å². The molecule has 1 heterocycles. The summed E-state index contributed by atoms with van der Waals surface area (Å²) in [6, 6.07) is 7.60. The van der Waals surface area contributed by atoms with Gasteiger partial charge in [-0.05, 0) is 11.6 Å². The number of aliphatic hydroxyl groups excluding tert-OH is 1. The van der Waals surface area contributed by atoms with Crippen molar-refractivity contribution in [2.75, 3.05) is 6.61 Å². The van der Waals surface area contributed by atoms with Crippen LogP contribution in [-0.4, -0.2) is 16.7 Å². The first-order valence-corrected chi connectivity index (χ1v) is 5.45. The van der Waals surface area contributed by atoms with E-state index in [-0.39, 0.29) is 6.61 Å². The first-order chi connectivity index (χ1) is 7.79. The van der Waals surface area contributed by atoms with Gasteiger partial charge in [0.15, 0.2) is 5.89 Å². The van der Waals surface area contributed by atoms with Crippen LogP contribution < -0.4 is 0 Å². The van der Waals surface area contributed by atoms with Crippen molar-refractivity contribution in [1.82, 2.24) is 4.98 Å². The number of nitrogens with zero attached hydrogens (tertiary/aromatic N) is 1. The molecule has 0 saturated carbocycles. The highest BCUT2D eigenvalue weighted by Gasteiger charge is 2.06. The van der Waals surface area contributed by atoms with Crippen molar-refractivity contribution in [1.29, 1.82) is 0 Å². The van der Waals surface area contributed by atoms with Crippen molar-refractivity contribution in [3.05, 3.63) is 52.7 Å². The fraction of sp³-hybridized carbons (Fsp3) is 0.250. The van der Waals surface area contributed by atoms with E-state index >= 15 is 0 Å². The number of aromatic nitrogens is 1. The summed E-state index contributed by atoms with van der Waals surface area (Å²) in [6.45, 7) is 0.0814. The summed E-state index contributed by atoms with van der Waals surface area (Å²) < 4.78 is 5.30. The average molecular weight is 238 g/mol. The van der Waals surface area contributed by atoms with Crippen LogP contribution in [0.4, 0.5) is 0 Å². The fourth-order valence-corrected chi connectivity index (χ4v) is 1.67. The zero-order chi connectivity index (χ0) is 11.4. The Morgan fingerprint density at radius 3 is 2.88 bits per heavy atom. The van der Waals surface area contributed by atoms with E-state index in [1.165, 1.54) is 0 Å². The van der Waals surface area contributed by atoms with Gasteiger partial charge in [-0.3, -0.25) is 0 Å². The predicted molar refractivity (Wildman–Crippen MR) is 61.6 cm³/mol. The summed E-state index contributed by atoms with van der Waals surface area (Å²) in [5.41, 5.74) is 1.76. The first-order valence-electron chi connectivity index (χ1n) is 5.07. The molecule has 16 heavy (non-hydrogen) atoms. The quantitative estimate of drug-likeness (QED) is 0.889. The minimum atomic E-state index is 0.0814. The summed E-state index contributed by atoms with van der Waals surface area (Å²) in [5, 5.41) is 9.47. The molecule has 0 unspecified atom stereocenters. The molecule has 0 aliphatic rings. The Morgan fingerprint density at radius 2 is 2.12 bits per heavy atom. The third kappa shape index (κ3) is 2.62. The summed E-state index contributed by atoms with van der Waals surface area (Å²) in [5.74, 6) is 0.622. The molecule has 0 saturated heterocycles. The van der Waals surface area contributed by atoms with Crippen LogP contribution in [-0.2, 0) is 12.8 Å². The average Bonchev–Trinajstić information content (AvgIpc) is 2.70. The van der Waals surface area contributed by atoms with Crippen molar-refractivity contribution in [2.24, 2.45) is 0 Å². The third-order valence-electron chi connectivity index (χ3n) is 2.27. The van der Waals surface area contributed by atoms with Gasteiger partial charge < -0.3 is 9.52 Å². The van der Waals surface area contributed by atoms with Crippen LogP contribution in [0, 0.1) is 0 Å². The van der Waals surface area contributed by atoms with E-state index in [4.69, 9.17) is 21.1 Å². The Bertz CT molecular complexity index is 468. The van der Waals surface area contributed by atoms with Gasteiger partial charge in [-0.15, -0.1) is 0 Å². The molecule has 0 radical (unpaired) electrons. The summed E-state index contributed by atoms with van der Waals surface area (Å²) in [6.07, 6.45) is 2.67. The van der Waals surface area contributed by atoms with Gasteiger partial charge in [0, 0.05) is 18.1 Å². The molecular formula is C12H12ClNO2. The highest BCUT2D eigenvalue weighted by Crippen LogP contribution is 2.18. The molecule has 4 heteroatoms. The normalized spacial score (nSPS) is 10.6. The SMILES string of the molecule is OCCc1coc(Cc2ccccc2Cl)n1. The standard InChI is InChI=1S/C12H12ClNO2/c13-11-4-2-1-3-9(11)7-12-14-10(5-6-15)8-16-12/h1-4,8,15H,5-7H2. The van der Waals surface area contributed by atoms with Gasteiger partial charge in [0.25, 0.3) is 0 Å². The van der Waals surface area contributed by atoms with Crippen molar-refractivity contribution >= 4 is 11.6 Å². The summed E-state index contributed by atoms with van der Waals surface area (Å²) >= 11 is 6.03. The Labute approximate surface area is 98.7 Å². The maximum Gasteiger partial charge on any atom is 0.198 e. The maximum atomic E-state index is 8.76. The molecule has 0 aliphatic carbocycles. The fourth-order valence-electron chi connectivity index (χ4n) is 1.46. The first kappa shape index (κ1) is 11.2. The zero-order valence-corrected chi connectivity index (χ0v) is 9.44. The van der Waals surface area contributed by atoms with Crippen molar-refractivity contribution in [3.8, 4) is 0 Å². The van der Waals surface area contributed by atoms with Crippen LogP contribution in [0.25, 0.3) is 0 Å². The number of aliphatic hydroxyl groups is 1. The molecule has 0 atom stereocenters. The minimum Gasteiger partial charge on any atom is -0.448 e. The van der Waals surface area contributed by atoms with Gasteiger partial charge in [0.1, 0.15) is 6.26 Å². The van der Waals surface area contributed by atoms with Crippen molar-refractivity contribution < 1.29 is 9.52 Å². The highest BCUT2D eigenvalue weighted by molar-refractivity contribution is 6.31. The molecule has 3 nitrogen and oxygen atoms in total. The molecule has 0 amide bonds. The van der Waals surface area contributed by atoms with Crippen LogP contribution >= 0.6 is 11.6 Å². The number of halogens is 1. The Balaban J connectivity index is 2.11. The Kier molecular flexibility index (Phi) is 3.59. The molecule has 0 fully saturated rings. The van der Waals surface area contributed by atoms with Crippen LogP contribution in [0.2, 0.25) is 5.02 Å². The van der Waals surface area contributed by atoms with Gasteiger partial charge in [0.05, 0.1) is 12.1 Å².